The summed E-state index contributed by atoms with van der Waals surface area (Å²) in [4.78, 5) is 70.2. The molecular weight excluding hydrogens is 777 g/mol. The zero-order valence-corrected chi connectivity index (χ0v) is 33.7. The van der Waals surface area contributed by atoms with E-state index in [1.54, 1.807) is 24.3 Å². The number of nitrogens with one attached hydrogen (secondary N) is 4. The Kier molecular flexibility index (Phi) is 11.2. The van der Waals surface area contributed by atoms with Gasteiger partial charge in [-0.15, -0.1) is 0 Å². The van der Waals surface area contributed by atoms with Crippen molar-refractivity contribution in [1.29, 1.82) is 5.26 Å². The van der Waals surface area contributed by atoms with Gasteiger partial charge in [-0.25, -0.2) is 4.98 Å². The van der Waals surface area contributed by atoms with Gasteiger partial charge in [0.2, 0.25) is 11.9 Å². The summed E-state index contributed by atoms with van der Waals surface area (Å²) in [5.74, 6) is -0.798. The molecule has 3 aliphatic heterocycles. The first-order valence-electron chi connectivity index (χ1n) is 21.1. The average molecular weight is 825 g/mol. The summed E-state index contributed by atoms with van der Waals surface area (Å²) in [6.45, 7) is 4.42. The van der Waals surface area contributed by atoms with E-state index in [1.165, 1.54) is 12.8 Å². The molecule has 6 heterocycles. The number of anilines is 3. The van der Waals surface area contributed by atoms with Crippen LogP contribution in [0.1, 0.15) is 88.5 Å². The third-order valence-electron chi connectivity index (χ3n) is 12.5. The Morgan fingerprint density at radius 1 is 0.951 bits per heavy atom. The molecule has 1 saturated carbocycles. The molecule has 5 N–H and O–H groups in total. The number of imide groups is 1. The van der Waals surface area contributed by atoms with Gasteiger partial charge in [0.25, 0.3) is 17.7 Å². The molecule has 9 rings (SSSR count). The smallest absolute Gasteiger partial charge is 0.262 e. The summed E-state index contributed by atoms with van der Waals surface area (Å²) < 4.78 is 1.94. The van der Waals surface area contributed by atoms with Gasteiger partial charge in [0.05, 0.1) is 41.5 Å². The van der Waals surface area contributed by atoms with Crippen molar-refractivity contribution in [2.24, 2.45) is 5.92 Å². The number of carbonyl (C=O) groups excluding carboxylic acids is 4. The fourth-order valence-corrected chi connectivity index (χ4v) is 9.19. The average Bonchev–Trinajstić information content (AvgIpc) is 4.11. The van der Waals surface area contributed by atoms with E-state index in [0.29, 0.717) is 41.6 Å². The van der Waals surface area contributed by atoms with Crippen molar-refractivity contribution in [3.8, 4) is 17.3 Å². The Morgan fingerprint density at radius 2 is 1.74 bits per heavy atom. The molecule has 0 bridgehead atoms. The highest BCUT2D eigenvalue weighted by Crippen LogP contribution is 2.37. The Labute approximate surface area is 352 Å². The summed E-state index contributed by atoms with van der Waals surface area (Å²) in [5.41, 5.74) is 4.98. The minimum atomic E-state index is -0.970. The number of aromatic nitrogens is 5. The van der Waals surface area contributed by atoms with Gasteiger partial charge in [0, 0.05) is 73.0 Å². The van der Waals surface area contributed by atoms with Crippen LogP contribution in [-0.2, 0) is 4.79 Å². The number of hydrogen-bond acceptors (Lipinski definition) is 12. The van der Waals surface area contributed by atoms with Crippen LogP contribution in [-0.4, -0.2) is 115 Å². The summed E-state index contributed by atoms with van der Waals surface area (Å²) in [6, 6.07) is 15.9. The molecule has 3 fully saturated rings. The van der Waals surface area contributed by atoms with Gasteiger partial charge in [0.15, 0.2) is 0 Å². The van der Waals surface area contributed by atoms with E-state index < -0.39 is 30.0 Å². The van der Waals surface area contributed by atoms with Gasteiger partial charge in [-0.3, -0.25) is 33.7 Å². The summed E-state index contributed by atoms with van der Waals surface area (Å²) in [5, 5.41) is 33.6. The van der Waals surface area contributed by atoms with Crippen LogP contribution in [0.15, 0.2) is 67.1 Å². The predicted molar refractivity (Wildman–Crippen MR) is 226 cm³/mol. The molecule has 0 spiro atoms. The van der Waals surface area contributed by atoms with Crippen molar-refractivity contribution in [2.75, 3.05) is 49.5 Å². The highest BCUT2D eigenvalue weighted by Gasteiger charge is 2.44. The number of nitriles is 1. The number of H-pyrrole nitrogens is 1. The molecular formula is C44H48N12O5. The van der Waals surface area contributed by atoms with Crippen LogP contribution in [0.2, 0.25) is 0 Å². The Bertz CT molecular complexity index is 2500. The molecule has 314 valence electrons. The molecule has 3 aromatic heterocycles. The van der Waals surface area contributed by atoms with Gasteiger partial charge in [-0.05, 0) is 93.1 Å². The number of amides is 4. The molecule has 2 unspecified atom stereocenters. The molecule has 1 aliphatic carbocycles. The highest BCUT2D eigenvalue weighted by molar-refractivity contribution is 6.23. The van der Waals surface area contributed by atoms with E-state index in [0.717, 1.165) is 84.9 Å². The fraction of sp³-hybridized carbons (Fsp3) is 0.409. The van der Waals surface area contributed by atoms with Crippen LogP contribution in [0.4, 0.5) is 17.3 Å². The van der Waals surface area contributed by atoms with Gasteiger partial charge in [0.1, 0.15) is 17.9 Å². The molecule has 17 heteroatoms. The summed E-state index contributed by atoms with van der Waals surface area (Å²) >= 11 is 0. The van der Waals surface area contributed by atoms with Crippen LogP contribution in [0, 0.1) is 17.2 Å². The van der Waals surface area contributed by atoms with Gasteiger partial charge < -0.3 is 30.9 Å². The van der Waals surface area contributed by atoms with Gasteiger partial charge in [-0.2, -0.15) is 15.3 Å². The van der Waals surface area contributed by atoms with Crippen LogP contribution in [0.5, 0.6) is 0 Å². The number of hydrogen-bond donors (Lipinski definition) is 5. The quantitative estimate of drug-likeness (QED) is 0.0828. The van der Waals surface area contributed by atoms with Gasteiger partial charge in [-0.1, -0.05) is 12.8 Å². The molecule has 2 aromatic carbocycles. The minimum Gasteiger partial charge on any atom is -0.374 e. The minimum absolute atomic E-state index is 0.0427. The lowest BCUT2D eigenvalue weighted by atomic mass is 9.96. The molecule has 61 heavy (non-hydrogen) atoms. The Morgan fingerprint density at radius 3 is 2.51 bits per heavy atom. The van der Waals surface area contributed by atoms with Crippen molar-refractivity contribution in [2.45, 2.75) is 69.7 Å². The number of benzene rings is 2. The first-order chi connectivity index (χ1) is 29.7. The maximum atomic E-state index is 13.3. The third-order valence-corrected chi connectivity index (χ3v) is 12.5. The number of piperazine rings is 1. The summed E-state index contributed by atoms with van der Waals surface area (Å²) in [6.07, 6.45) is 11.0. The van der Waals surface area contributed by atoms with Crippen molar-refractivity contribution >= 4 is 52.0 Å². The lowest BCUT2D eigenvalue weighted by Gasteiger charge is -2.36. The van der Waals surface area contributed by atoms with Crippen molar-refractivity contribution in [1.82, 2.24) is 45.2 Å². The zero-order chi connectivity index (χ0) is 42.0. The fourth-order valence-electron chi connectivity index (χ4n) is 9.19. The van der Waals surface area contributed by atoms with E-state index in [1.807, 2.05) is 47.5 Å². The van der Waals surface area contributed by atoms with E-state index >= 15 is 0 Å². The third kappa shape index (κ3) is 8.16. The first-order valence-corrected chi connectivity index (χ1v) is 21.1. The predicted octanol–water partition coefficient (Wildman–Crippen LogP) is 4.35. The van der Waals surface area contributed by atoms with E-state index in [9.17, 15) is 29.5 Å². The SMILES string of the molecule is N#CC[C@@H](C1CCCC1)n1cc(-c2nc(Nc3ccc(C(=O)NCCCN4CCN(c5ccc6c(c5)C(=O)N(C5CCC(O)NC5=O)C6=O)CC4)cc3)nc3[nH]ccc23)cn1. The number of fused-ring (bicyclic) bond motifs is 2. The summed E-state index contributed by atoms with van der Waals surface area (Å²) in [7, 11) is 0. The maximum Gasteiger partial charge on any atom is 0.262 e. The number of aliphatic hydroxyl groups excluding tert-OH is 1. The van der Waals surface area contributed by atoms with Crippen molar-refractivity contribution in [3.63, 3.8) is 0 Å². The number of aliphatic hydroxyl groups is 1. The molecule has 0 radical (unpaired) electrons. The molecule has 5 aromatic rings. The molecule has 4 aliphatic rings. The second-order valence-corrected chi connectivity index (χ2v) is 16.3. The maximum absolute atomic E-state index is 13.3. The number of rotatable bonds is 13. The topological polar surface area (TPSA) is 218 Å². The van der Waals surface area contributed by atoms with Gasteiger partial charge >= 0.3 is 0 Å². The lowest BCUT2D eigenvalue weighted by molar-refractivity contribution is -0.131. The van der Waals surface area contributed by atoms with E-state index in [2.05, 4.69) is 46.9 Å². The zero-order valence-electron chi connectivity index (χ0n) is 33.7. The van der Waals surface area contributed by atoms with Crippen LogP contribution in [0.3, 0.4) is 0 Å². The van der Waals surface area contributed by atoms with Crippen molar-refractivity contribution < 1.29 is 24.3 Å². The number of piperidine rings is 1. The first kappa shape index (κ1) is 39.8. The van der Waals surface area contributed by atoms with Crippen LogP contribution in [0.25, 0.3) is 22.3 Å². The number of carbonyl (C=O) groups is 4. The molecule has 2 saturated heterocycles. The Balaban J connectivity index is 0.744. The second kappa shape index (κ2) is 17.1. The monoisotopic (exact) mass is 824 g/mol. The van der Waals surface area contributed by atoms with E-state index in [-0.39, 0.29) is 30.4 Å². The standard InChI is InChI=1S/C44H48N12O5/c45-16-14-35(27-4-1-2-5-27)55-26-29(25-48-55)38-33-15-18-46-39(33)52-44(51-38)49-30-8-6-28(7-9-30)40(58)47-17-3-19-53-20-22-54(23-21-53)31-10-11-32-34(24-31)43(61)56(42(32)60)36-12-13-37(57)50-41(36)59/h6-11,15,18,24-27,35-37,57H,1-5,12-14,17,19-23H2,(H,47,58)(H,50,59)(H2,46,49,51,52)/t35-,36?,37?/m0/s1. The Hall–Kier alpha value is -6.64. The highest BCUT2D eigenvalue weighted by atomic mass is 16.3. The lowest BCUT2D eigenvalue weighted by Crippen LogP contribution is -2.55. The van der Waals surface area contributed by atoms with Crippen LogP contribution >= 0.6 is 0 Å². The van der Waals surface area contributed by atoms with Crippen LogP contribution < -0.4 is 20.9 Å². The normalized spacial score (nSPS) is 20.2. The molecule has 3 atom stereocenters. The van der Waals surface area contributed by atoms with Crippen molar-refractivity contribution in [3.05, 3.63) is 83.8 Å². The number of aromatic amines is 1. The molecule has 17 nitrogen and oxygen atoms in total. The largest absolute Gasteiger partial charge is 0.374 e. The second-order valence-electron chi connectivity index (χ2n) is 16.3. The van der Waals surface area contributed by atoms with E-state index in [4.69, 9.17) is 4.98 Å². The molecule has 4 amide bonds. The number of nitrogens with zero attached hydrogens (tertiary/aromatic N) is 8.